The zero-order chi connectivity index (χ0) is 17.4. The molecule has 0 amide bonds. The van der Waals surface area contributed by atoms with Crippen molar-refractivity contribution in [1.29, 1.82) is 0 Å². The Hall–Kier alpha value is -2.66. The quantitative estimate of drug-likeness (QED) is 0.333. The van der Waals surface area contributed by atoms with Crippen LogP contribution in [0.3, 0.4) is 0 Å². The Labute approximate surface area is 141 Å². The van der Waals surface area contributed by atoms with Gasteiger partial charge in [0.15, 0.2) is 0 Å². The third kappa shape index (κ3) is 5.85. The minimum atomic E-state index is -0.606. The van der Waals surface area contributed by atoms with Crippen LogP contribution in [0.15, 0.2) is 54.6 Å². The molecule has 0 aliphatic carbocycles. The van der Waals surface area contributed by atoms with Crippen molar-refractivity contribution >= 4 is 11.9 Å². The summed E-state index contributed by atoms with van der Waals surface area (Å²) >= 11 is 0. The van der Waals surface area contributed by atoms with E-state index in [1.165, 1.54) is 12.1 Å². The lowest BCUT2D eigenvalue weighted by Crippen LogP contribution is -2.11. The molecule has 2 aromatic carbocycles. The lowest BCUT2D eigenvalue weighted by Gasteiger charge is -2.07. The van der Waals surface area contributed by atoms with Crippen molar-refractivity contribution in [2.75, 3.05) is 0 Å². The largest absolute Gasteiger partial charge is 0.427 e. The average molecular weight is 328 g/mol. The lowest BCUT2D eigenvalue weighted by atomic mass is 10.1. The Morgan fingerprint density at radius 3 is 2.25 bits per heavy atom. The molecule has 0 saturated heterocycles. The molecule has 0 aliphatic heterocycles. The lowest BCUT2D eigenvalue weighted by molar-refractivity contribution is -0.250. The smallest absolute Gasteiger partial charge is 0.373 e. The molecular weight excluding hydrogens is 308 g/mol. The number of esters is 1. The maximum Gasteiger partial charge on any atom is 0.373 e. The molecule has 0 unspecified atom stereocenters. The number of hydrogen-bond acceptors (Lipinski definition) is 5. The first-order valence-corrected chi connectivity index (χ1v) is 7.73. The van der Waals surface area contributed by atoms with E-state index in [4.69, 9.17) is 14.5 Å². The molecule has 0 radical (unpaired) electrons. The van der Waals surface area contributed by atoms with Gasteiger partial charge in [0.1, 0.15) is 12.4 Å². The van der Waals surface area contributed by atoms with Gasteiger partial charge in [0.25, 0.3) is 0 Å². The fourth-order valence-corrected chi connectivity index (χ4v) is 1.94. The summed E-state index contributed by atoms with van der Waals surface area (Å²) in [5, 5.41) is 0. The van der Waals surface area contributed by atoms with E-state index in [9.17, 15) is 9.59 Å². The first kappa shape index (κ1) is 17.7. The molecule has 0 fully saturated rings. The van der Waals surface area contributed by atoms with Crippen LogP contribution in [0.25, 0.3) is 0 Å². The van der Waals surface area contributed by atoms with E-state index in [0.717, 1.165) is 5.56 Å². The molecule has 0 spiro atoms. The topological polar surface area (TPSA) is 61.8 Å². The molecule has 0 aromatic heterocycles. The Balaban J connectivity index is 1.81. The number of carbonyl (C=O) groups is 2. The second kappa shape index (κ2) is 8.84. The van der Waals surface area contributed by atoms with Gasteiger partial charge in [-0.15, -0.1) is 0 Å². The highest BCUT2D eigenvalue weighted by molar-refractivity contribution is 5.89. The monoisotopic (exact) mass is 328 g/mol. The highest BCUT2D eigenvalue weighted by Crippen LogP contribution is 2.15. The number of rotatable bonds is 7. The third-order valence-electron chi connectivity index (χ3n) is 3.10. The highest BCUT2D eigenvalue weighted by atomic mass is 17.2. The molecule has 0 heterocycles. The van der Waals surface area contributed by atoms with E-state index in [2.05, 4.69) is 0 Å². The van der Waals surface area contributed by atoms with Gasteiger partial charge in [-0.3, -0.25) is 9.68 Å². The minimum Gasteiger partial charge on any atom is -0.427 e. The zero-order valence-corrected chi connectivity index (χ0v) is 13.7. The van der Waals surface area contributed by atoms with Gasteiger partial charge in [0.05, 0.1) is 5.56 Å². The third-order valence-corrected chi connectivity index (χ3v) is 3.10. The number of carbonyl (C=O) groups excluding carboxylic acids is 2. The van der Waals surface area contributed by atoms with Crippen molar-refractivity contribution in [2.45, 2.75) is 26.9 Å². The Bertz CT molecular complexity index is 662. The van der Waals surface area contributed by atoms with Crippen LogP contribution in [0.2, 0.25) is 0 Å². The van der Waals surface area contributed by atoms with Crippen molar-refractivity contribution in [3.63, 3.8) is 0 Å². The molecule has 126 valence electrons. The maximum atomic E-state index is 11.9. The SMILES string of the molecule is CC(C)CC(=O)Oc1ccc(C(=O)OOCc2ccccc2)cc1. The van der Waals surface area contributed by atoms with Crippen molar-refractivity contribution in [1.82, 2.24) is 0 Å². The van der Waals surface area contributed by atoms with Crippen molar-refractivity contribution < 1.29 is 24.1 Å². The van der Waals surface area contributed by atoms with Gasteiger partial charge in [-0.1, -0.05) is 44.2 Å². The van der Waals surface area contributed by atoms with Crippen LogP contribution in [0, 0.1) is 5.92 Å². The van der Waals surface area contributed by atoms with Gasteiger partial charge in [0, 0.05) is 6.42 Å². The maximum absolute atomic E-state index is 11.9. The zero-order valence-electron chi connectivity index (χ0n) is 13.7. The molecule has 0 aliphatic rings. The van der Waals surface area contributed by atoms with Crippen molar-refractivity contribution in [2.24, 2.45) is 5.92 Å². The van der Waals surface area contributed by atoms with Crippen LogP contribution in [0.4, 0.5) is 0 Å². The van der Waals surface area contributed by atoms with Gasteiger partial charge in [0.2, 0.25) is 0 Å². The van der Waals surface area contributed by atoms with E-state index >= 15 is 0 Å². The normalized spacial score (nSPS) is 10.5. The summed E-state index contributed by atoms with van der Waals surface area (Å²) < 4.78 is 5.18. The molecule has 0 bridgehead atoms. The van der Waals surface area contributed by atoms with Crippen LogP contribution in [-0.2, 0) is 21.2 Å². The van der Waals surface area contributed by atoms with E-state index < -0.39 is 5.97 Å². The van der Waals surface area contributed by atoms with Crippen LogP contribution in [-0.4, -0.2) is 11.9 Å². The van der Waals surface area contributed by atoms with E-state index in [-0.39, 0.29) is 18.5 Å². The van der Waals surface area contributed by atoms with Crippen LogP contribution >= 0.6 is 0 Å². The predicted octanol–water partition coefficient (Wildman–Crippen LogP) is 3.93. The van der Waals surface area contributed by atoms with Crippen LogP contribution in [0.1, 0.15) is 36.2 Å². The fourth-order valence-electron chi connectivity index (χ4n) is 1.94. The number of benzene rings is 2. The molecule has 5 nitrogen and oxygen atoms in total. The molecule has 24 heavy (non-hydrogen) atoms. The second-order valence-corrected chi connectivity index (χ2v) is 5.71. The van der Waals surface area contributed by atoms with Gasteiger partial charge in [-0.05, 0) is 35.7 Å². The van der Waals surface area contributed by atoms with Crippen LogP contribution in [0.5, 0.6) is 5.75 Å². The Morgan fingerprint density at radius 2 is 1.62 bits per heavy atom. The Morgan fingerprint density at radius 1 is 0.958 bits per heavy atom. The van der Waals surface area contributed by atoms with Gasteiger partial charge >= 0.3 is 11.9 Å². The number of hydrogen-bond donors (Lipinski definition) is 0. The van der Waals surface area contributed by atoms with E-state index in [0.29, 0.717) is 17.7 Å². The molecule has 0 N–H and O–H groups in total. The van der Waals surface area contributed by atoms with Crippen molar-refractivity contribution in [3.05, 3.63) is 65.7 Å². The Kier molecular flexibility index (Phi) is 6.51. The first-order chi connectivity index (χ1) is 11.5. The summed E-state index contributed by atoms with van der Waals surface area (Å²) in [5.74, 6) is -0.284. The first-order valence-electron chi connectivity index (χ1n) is 7.73. The fraction of sp³-hybridized carbons (Fsp3) is 0.263. The summed E-state index contributed by atoms with van der Waals surface area (Å²) in [4.78, 5) is 33.1. The van der Waals surface area contributed by atoms with E-state index in [1.807, 2.05) is 44.2 Å². The molecule has 2 aromatic rings. The molecule has 2 rings (SSSR count). The van der Waals surface area contributed by atoms with Crippen molar-refractivity contribution in [3.8, 4) is 5.75 Å². The second-order valence-electron chi connectivity index (χ2n) is 5.71. The molecule has 0 atom stereocenters. The molecular formula is C19H20O5. The van der Waals surface area contributed by atoms with Gasteiger partial charge < -0.3 is 4.74 Å². The predicted molar refractivity (Wildman–Crippen MR) is 88.2 cm³/mol. The number of ether oxygens (including phenoxy) is 1. The summed E-state index contributed by atoms with van der Waals surface area (Å²) in [6.45, 7) is 4.06. The van der Waals surface area contributed by atoms with Crippen LogP contribution < -0.4 is 4.74 Å². The van der Waals surface area contributed by atoms with Gasteiger partial charge in [-0.2, -0.15) is 4.89 Å². The van der Waals surface area contributed by atoms with E-state index in [1.54, 1.807) is 12.1 Å². The summed E-state index contributed by atoms with van der Waals surface area (Å²) in [6.07, 6.45) is 0.344. The molecule has 5 heteroatoms. The summed E-state index contributed by atoms with van der Waals surface area (Å²) in [7, 11) is 0. The minimum absolute atomic E-state index is 0.178. The summed E-state index contributed by atoms with van der Waals surface area (Å²) in [5.41, 5.74) is 1.21. The highest BCUT2D eigenvalue weighted by Gasteiger charge is 2.11. The summed E-state index contributed by atoms with van der Waals surface area (Å²) in [6, 6.07) is 15.5. The molecule has 0 saturated carbocycles. The van der Waals surface area contributed by atoms with Gasteiger partial charge in [-0.25, -0.2) is 4.79 Å². The average Bonchev–Trinajstić information content (AvgIpc) is 2.55. The standard InChI is InChI=1S/C19H20O5/c1-14(2)12-18(20)23-17-10-8-16(9-11-17)19(21)24-22-13-15-6-4-3-5-7-15/h3-11,14H,12-13H2,1-2H3.